The second-order valence-electron chi connectivity index (χ2n) is 4.30. The van der Waals surface area contributed by atoms with Crippen LogP contribution in [0, 0.1) is 0 Å². The molecule has 5 nitrogen and oxygen atoms in total. The molecule has 1 heterocycles. The molecule has 2 rings (SSSR count). The summed E-state index contributed by atoms with van der Waals surface area (Å²) in [6.07, 6.45) is 1.60. The van der Waals surface area contributed by atoms with Gasteiger partial charge in [0.05, 0.1) is 20.4 Å². The minimum absolute atomic E-state index is 0.0470. The van der Waals surface area contributed by atoms with E-state index in [4.69, 9.17) is 9.47 Å². The normalized spacial score (nSPS) is 10.2. The summed E-state index contributed by atoms with van der Waals surface area (Å²) in [5.41, 5.74) is 0.894. The number of benzene rings is 1. The van der Waals surface area contributed by atoms with Crippen molar-refractivity contribution in [3.63, 3.8) is 0 Å². The lowest BCUT2D eigenvalue weighted by molar-refractivity contribution is 0.0832. The molecule has 0 spiro atoms. The highest BCUT2D eigenvalue weighted by molar-refractivity contribution is 7.16. The number of carbonyl (C=O) groups is 1. The molecule has 1 amide bonds. The molecule has 1 aromatic heterocycles. The number of hydrogen-bond donors (Lipinski definition) is 0. The van der Waals surface area contributed by atoms with Gasteiger partial charge < -0.3 is 14.4 Å². The lowest BCUT2D eigenvalue weighted by Crippen LogP contribution is -2.20. The number of rotatable bonds is 4. The Morgan fingerprint density at radius 2 is 1.90 bits per heavy atom. The van der Waals surface area contributed by atoms with Crippen molar-refractivity contribution in [1.29, 1.82) is 0 Å². The molecule has 0 unspecified atom stereocenters. The molecule has 1 aromatic carbocycles. The number of ether oxygens (including phenoxy) is 2. The van der Waals surface area contributed by atoms with E-state index in [1.54, 1.807) is 34.5 Å². The Bertz CT molecular complexity index is 623. The van der Waals surface area contributed by atoms with Crippen molar-refractivity contribution < 1.29 is 14.3 Å². The second-order valence-corrected chi connectivity index (χ2v) is 5.33. The van der Waals surface area contributed by atoms with Gasteiger partial charge >= 0.3 is 0 Å². The molecule has 0 fully saturated rings. The van der Waals surface area contributed by atoms with Crippen molar-refractivity contribution in [3.05, 3.63) is 29.3 Å². The van der Waals surface area contributed by atoms with Crippen molar-refractivity contribution in [1.82, 2.24) is 9.88 Å². The highest BCUT2D eigenvalue weighted by Gasteiger charge is 2.14. The molecule has 0 N–H and O–H groups in total. The van der Waals surface area contributed by atoms with E-state index in [2.05, 4.69) is 4.98 Å². The first-order valence-electron chi connectivity index (χ1n) is 5.96. The van der Waals surface area contributed by atoms with Crippen LogP contribution in [0.15, 0.2) is 24.4 Å². The van der Waals surface area contributed by atoms with E-state index < -0.39 is 0 Å². The zero-order chi connectivity index (χ0) is 14.7. The molecule has 2 aromatic rings. The van der Waals surface area contributed by atoms with Crippen LogP contribution in [-0.4, -0.2) is 44.1 Å². The molecule has 106 valence electrons. The fraction of sp³-hybridized carbons (Fsp3) is 0.286. The molecule has 0 saturated carbocycles. The molecule has 20 heavy (non-hydrogen) atoms. The third kappa shape index (κ3) is 2.75. The van der Waals surface area contributed by atoms with E-state index in [0.29, 0.717) is 16.4 Å². The Labute approximate surface area is 121 Å². The molecular weight excluding hydrogens is 276 g/mol. The van der Waals surface area contributed by atoms with Crippen LogP contribution >= 0.6 is 11.3 Å². The number of nitrogens with zero attached hydrogens (tertiary/aromatic N) is 2. The fourth-order valence-corrected chi connectivity index (χ4v) is 2.63. The second kappa shape index (κ2) is 5.92. The molecule has 0 aliphatic carbocycles. The van der Waals surface area contributed by atoms with E-state index in [1.807, 2.05) is 18.2 Å². The summed E-state index contributed by atoms with van der Waals surface area (Å²) < 4.78 is 10.5. The quantitative estimate of drug-likeness (QED) is 0.869. The van der Waals surface area contributed by atoms with Crippen LogP contribution in [0.5, 0.6) is 11.5 Å². The smallest absolute Gasteiger partial charge is 0.265 e. The molecular formula is C14H16N2O3S. The zero-order valence-electron chi connectivity index (χ0n) is 11.8. The molecule has 0 radical (unpaired) electrons. The number of aromatic nitrogens is 1. The average Bonchev–Trinajstić information content (AvgIpc) is 2.95. The van der Waals surface area contributed by atoms with E-state index >= 15 is 0 Å². The summed E-state index contributed by atoms with van der Waals surface area (Å²) in [7, 11) is 6.62. The van der Waals surface area contributed by atoms with Gasteiger partial charge in [-0.15, -0.1) is 11.3 Å². The van der Waals surface area contributed by atoms with Crippen LogP contribution in [0.25, 0.3) is 10.6 Å². The summed E-state index contributed by atoms with van der Waals surface area (Å²) in [5, 5.41) is 0.774. The summed E-state index contributed by atoms with van der Waals surface area (Å²) in [5.74, 6) is 1.26. The van der Waals surface area contributed by atoms with Gasteiger partial charge in [0.1, 0.15) is 9.88 Å². The first-order valence-corrected chi connectivity index (χ1v) is 6.78. The molecule has 0 aliphatic rings. The zero-order valence-corrected chi connectivity index (χ0v) is 12.7. The number of methoxy groups -OCH3 is 2. The maximum absolute atomic E-state index is 11.9. The summed E-state index contributed by atoms with van der Waals surface area (Å²) in [6.45, 7) is 0. The fourth-order valence-electron chi connectivity index (χ4n) is 1.70. The van der Waals surface area contributed by atoms with Gasteiger partial charge in [0.15, 0.2) is 11.5 Å². The maximum Gasteiger partial charge on any atom is 0.265 e. The van der Waals surface area contributed by atoms with Crippen LogP contribution in [-0.2, 0) is 0 Å². The minimum atomic E-state index is -0.0470. The van der Waals surface area contributed by atoms with Gasteiger partial charge in [0.2, 0.25) is 0 Å². The predicted molar refractivity (Wildman–Crippen MR) is 78.7 cm³/mol. The number of carbonyl (C=O) groups excluding carboxylic acids is 1. The highest BCUT2D eigenvalue weighted by atomic mass is 32.1. The lowest BCUT2D eigenvalue weighted by Gasteiger charge is -2.08. The summed E-state index contributed by atoms with van der Waals surface area (Å²) in [6, 6.07) is 5.56. The van der Waals surface area contributed by atoms with Gasteiger partial charge in [-0.1, -0.05) is 0 Å². The third-order valence-corrected chi connectivity index (χ3v) is 3.79. The Balaban J connectivity index is 2.35. The molecule has 0 atom stereocenters. The van der Waals surface area contributed by atoms with Crippen LogP contribution in [0.1, 0.15) is 9.67 Å². The van der Waals surface area contributed by atoms with E-state index in [9.17, 15) is 4.79 Å². The van der Waals surface area contributed by atoms with Gasteiger partial charge in [-0.3, -0.25) is 4.79 Å². The predicted octanol–water partition coefficient (Wildman–Crippen LogP) is 2.53. The van der Waals surface area contributed by atoms with Gasteiger partial charge in [-0.2, -0.15) is 0 Å². The van der Waals surface area contributed by atoms with Crippen LogP contribution < -0.4 is 9.47 Å². The first kappa shape index (κ1) is 14.3. The number of thiazole rings is 1. The van der Waals surface area contributed by atoms with Crippen LogP contribution in [0.3, 0.4) is 0 Å². The van der Waals surface area contributed by atoms with Crippen molar-refractivity contribution in [2.75, 3.05) is 28.3 Å². The average molecular weight is 292 g/mol. The number of hydrogen-bond acceptors (Lipinski definition) is 5. The Hall–Kier alpha value is -2.08. The van der Waals surface area contributed by atoms with Crippen LogP contribution in [0.4, 0.5) is 0 Å². The van der Waals surface area contributed by atoms with Crippen LogP contribution in [0.2, 0.25) is 0 Å². The van der Waals surface area contributed by atoms with Gasteiger partial charge in [0, 0.05) is 19.7 Å². The Morgan fingerprint density at radius 3 is 2.50 bits per heavy atom. The topological polar surface area (TPSA) is 51.7 Å². The summed E-state index contributed by atoms with van der Waals surface area (Å²) in [4.78, 5) is 18.3. The van der Waals surface area contributed by atoms with Crippen molar-refractivity contribution in [2.45, 2.75) is 0 Å². The summed E-state index contributed by atoms with van der Waals surface area (Å²) >= 11 is 1.36. The van der Waals surface area contributed by atoms with Gasteiger partial charge in [-0.05, 0) is 18.2 Å². The molecule has 0 bridgehead atoms. The highest BCUT2D eigenvalue weighted by Crippen LogP contribution is 2.34. The Kier molecular flexibility index (Phi) is 4.24. The lowest BCUT2D eigenvalue weighted by atomic mass is 10.2. The molecule has 0 aliphatic heterocycles. The van der Waals surface area contributed by atoms with Crippen molar-refractivity contribution in [3.8, 4) is 22.1 Å². The third-order valence-electron chi connectivity index (χ3n) is 2.75. The van der Waals surface area contributed by atoms with E-state index in [-0.39, 0.29) is 5.91 Å². The standard InChI is InChI=1S/C14H16N2O3S/c1-16(2)14(17)12-8-15-13(20-12)9-5-6-10(18-3)11(7-9)19-4/h5-8H,1-4H3. The number of amides is 1. The van der Waals surface area contributed by atoms with Crippen molar-refractivity contribution in [2.24, 2.45) is 0 Å². The SMILES string of the molecule is COc1ccc(-c2ncc(C(=O)N(C)C)s2)cc1OC. The monoisotopic (exact) mass is 292 g/mol. The Morgan fingerprint density at radius 1 is 1.20 bits per heavy atom. The molecule has 0 saturated heterocycles. The first-order chi connectivity index (χ1) is 9.56. The van der Waals surface area contributed by atoms with Gasteiger partial charge in [-0.25, -0.2) is 4.98 Å². The van der Waals surface area contributed by atoms with E-state index in [0.717, 1.165) is 10.6 Å². The minimum Gasteiger partial charge on any atom is -0.493 e. The van der Waals surface area contributed by atoms with Crippen molar-refractivity contribution >= 4 is 17.2 Å². The molecule has 6 heteroatoms. The maximum atomic E-state index is 11.9. The van der Waals surface area contributed by atoms with Gasteiger partial charge in [0.25, 0.3) is 5.91 Å². The van der Waals surface area contributed by atoms with E-state index in [1.165, 1.54) is 16.2 Å². The largest absolute Gasteiger partial charge is 0.493 e.